The smallest absolute Gasteiger partial charge is 0.222 e. The molecule has 8 nitrogen and oxygen atoms in total. The Labute approximate surface area is 224 Å². The van der Waals surface area contributed by atoms with E-state index >= 15 is 0 Å². The van der Waals surface area contributed by atoms with Crippen molar-refractivity contribution in [3.8, 4) is 11.5 Å². The van der Waals surface area contributed by atoms with Gasteiger partial charge in [-0.15, -0.1) is 0 Å². The molecule has 4 rings (SSSR count). The average molecular weight is 534 g/mol. The molecule has 38 heavy (non-hydrogen) atoms. The molecule has 1 unspecified atom stereocenters. The average Bonchev–Trinajstić information content (AvgIpc) is 3.34. The van der Waals surface area contributed by atoms with Crippen molar-refractivity contribution in [3.63, 3.8) is 0 Å². The lowest BCUT2D eigenvalue weighted by Gasteiger charge is -2.39. The van der Waals surface area contributed by atoms with E-state index in [2.05, 4.69) is 66.8 Å². The normalized spacial score (nSPS) is 12.9. The van der Waals surface area contributed by atoms with Crippen molar-refractivity contribution in [3.05, 3.63) is 66.0 Å². The molecule has 200 valence electrons. The van der Waals surface area contributed by atoms with E-state index in [0.29, 0.717) is 39.7 Å². The number of nitrogen functional groups attached to an aromatic ring is 1. The minimum atomic E-state index is -2.15. The molecule has 0 radical (unpaired) electrons. The van der Waals surface area contributed by atoms with Gasteiger partial charge in [-0.2, -0.15) is 4.98 Å². The van der Waals surface area contributed by atoms with Crippen molar-refractivity contribution in [1.29, 1.82) is 0 Å². The summed E-state index contributed by atoms with van der Waals surface area (Å²) in [7, 11) is -2.15. The van der Waals surface area contributed by atoms with Crippen LogP contribution in [0.25, 0.3) is 11.5 Å². The highest BCUT2D eigenvalue weighted by Gasteiger charge is 2.49. The van der Waals surface area contributed by atoms with Crippen LogP contribution in [0.2, 0.25) is 16.6 Å². The van der Waals surface area contributed by atoms with Crippen molar-refractivity contribution < 1.29 is 8.81 Å². The topological polar surface area (TPSA) is 116 Å². The first kappa shape index (κ1) is 27.4. The molecular formula is C28H36FN7OSi. The Morgan fingerprint density at radius 1 is 0.868 bits per heavy atom. The van der Waals surface area contributed by atoms with E-state index in [9.17, 15) is 4.39 Å². The maximum absolute atomic E-state index is 13.7. The second-order valence-corrected chi connectivity index (χ2v) is 16.4. The Bertz CT molecular complexity index is 1350. The molecule has 1 atom stereocenters. The van der Waals surface area contributed by atoms with Gasteiger partial charge in [0, 0.05) is 23.9 Å². The lowest BCUT2D eigenvalue weighted by molar-refractivity contribution is 0.590. The molecule has 10 heteroatoms. The van der Waals surface area contributed by atoms with Crippen LogP contribution in [0.15, 0.2) is 53.5 Å². The highest BCUT2D eigenvalue weighted by atomic mass is 28.3. The molecule has 4 aromatic rings. The maximum atomic E-state index is 13.7. The van der Waals surface area contributed by atoms with Crippen molar-refractivity contribution in [1.82, 2.24) is 24.9 Å². The third kappa shape index (κ3) is 5.04. The zero-order valence-corrected chi connectivity index (χ0v) is 24.0. The quantitative estimate of drug-likeness (QED) is 0.237. The van der Waals surface area contributed by atoms with Gasteiger partial charge in [0.25, 0.3) is 0 Å². The van der Waals surface area contributed by atoms with Gasteiger partial charge in [0.2, 0.25) is 5.95 Å². The molecule has 0 bridgehead atoms. The molecule has 3 aromatic heterocycles. The fourth-order valence-electron chi connectivity index (χ4n) is 5.91. The Kier molecular flexibility index (Phi) is 7.91. The van der Waals surface area contributed by atoms with E-state index in [-0.39, 0.29) is 17.7 Å². The summed E-state index contributed by atoms with van der Waals surface area (Å²) in [5, 5.41) is 3.25. The van der Waals surface area contributed by atoms with E-state index in [1.165, 1.54) is 12.1 Å². The van der Waals surface area contributed by atoms with Gasteiger partial charge in [-0.05, 0) is 34.3 Å². The van der Waals surface area contributed by atoms with Crippen LogP contribution in [0.1, 0.15) is 65.5 Å². The SMILES string of the molecule is CC(c1ccc(F)cc1)c1c(Nc2cnccn2)nc(N)nc1-c1cnc([Si](C(C)C)(C(C)C)C(C)C)o1. The van der Waals surface area contributed by atoms with Crippen LogP contribution >= 0.6 is 0 Å². The molecular weight excluding hydrogens is 497 g/mol. The third-order valence-corrected chi connectivity index (χ3v) is 14.3. The zero-order valence-electron chi connectivity index (χ0n) is 23.0. The molecule has 0 saturated heterocycles. The number of hydrogen-bond acceptors (Lipinski definition) is 8. The lowest BCUT2D eigenvalue weighted by atomic mass is 9.91. The molecule has 0 amide bonds. The monoisotopic (exact) mass is 533 g/mol. The molecule has 0 aliphatic rings. The predicted molar refractivity (Wildman–Crippen MR) is 152 cm³/mol. The first-order valence-corrected chi connectivity index (χ1v) is 15.2. The van der Waals surface area contributed by atoms with Gasteiger partial charge in [-0.1, -0.05) is 60.6 Å². The molecule has 0 aliphatic heterocycles. The summed E-state index contributed by atoms with van der Waals surface area (Å²) in [5.41, 5.74) is 10.5. The highest BCUT2D eigenvalue weighted by Crippen LogP contribution is 2.42. The number of nitrogens with two attached hydrogens (primary N) is 1. The van der Waals surface area contributed by atoms with Gasteiger partial charge < -0.3 is 15.5 Å². The molecule has 0 saturated carbocycles. The molecule has 3 N–H and O–H groups in total. The number of benzene rings is 1. The third-order valence-electron chi connectivity index (χ3n) is 7.55. The number of halogens is 1. The first-order valence-electron chi connectivity index (χ1n) is 13.0. The number of oxazole rings is 1. The summed E-state index contributed by atoms with van der Waals surface area (Å²) >= 11 is 0. The van der Waals surface area contributed by atoms with E-state index in [1.54, 1.807) is 36.9 Å². The van der Waals surface area contributed by atoms with Crippen molar-refractivity contribution >= 4 is 31.2 Å². The standard InChI is InChI=1S/C28H36FN7OSi/c1-16(2)38(17(3)4,18(5)6)28-33-14-22(37-28)25-24(19(7)20-8-10-21(29)11-9-20)26(36-27(30)35-25)34-23-15-31-12-13-32-23/h8-19H,1-7H3,(H3,30,32,34,35,36). The van der Waals surface area contributed by atoms with Gasteiger partial charge in [0.1, 0.15) is 23.1 Å². The van der Waals surface area contributed by atoms with Crippen LogP contribution in [-0.2, 0) is 0 Å². The van der Waals surface area contributed by atoms with Crippen LogP contribution in [-0.4, -0.2) is 33.0 Å². The van der Waals surface area contributed by atoms with Crippen LogP contribution < -0.4 is 16.6 Å². The van der Waals surface area contributed by atoms with Crippen LogP contribution in [0.5, 0.6) is 0 Å². The summed E-state index contributed by atoms with van der Waals surface area (Å²) in [6.07, 6.45) is 6.54. The minimum Gasteiger partial charge on any atom is -0.444 e. The summed E-state index contributed by atoms with van der Waals surface area (Å²) < 4.78 is 20.4. The second kappa shape index (κ2) is 11.0. The Morgan fingerprint density at radius 3 is 2.11 bits per heavy atom. The van der Waals surface area contributed by atoms with Gasteiger partial charge in [0.15, 0.2) is 19.3 Å². The van der Waals surface area contributed by atoms with Gasteiger partial charge in [-0.25, -0.2) is 19.3 Å². The Balaban J connectivity index is 1.92. The van der Waals surface area contributed by atoms with E-state index in [0.717, 1.165) is 16.6 Å². The van der Waals surface area contributed by atoms with Crippen LogP contribution in [0.3, 0.4) is 0 Å². The van der Waals surface area contributed by atoms with Crippen LogP contribution in [0.4, 0.5) is 22.0 Å². The number of aromatic nitrogens is 5. The number of nitrogens with zero attached hydrogens (tertiary/aromatic N) is 5. The predicted octanol–water partition coefficient (Wildman–Crippen LogP) is 6.42. The summed E-state index contributed by atoms with van der Waals surface area (Å²) in [6.45, 7) is 15.6. The molecule has 0 aliphatic carbocycles. The minimum absolute atomic E-state index is 0.0829. The van der Waals surface area contributed by atoms with E-state index < -0.39 is 8.07 Å². The second-order valence-electron chi connectivity index (χ2n) is 10.6. The summed E-state index contributed by atoms with van der Waals surface area (Å²) in [4.78, 5) is 22.5. The fourth-order valence-corrected chi connectivity index (χ4v) is 12.0. The summed E-state index contributed by atoms with van der Waals surface area (Å²) in [5.74, 6) is 1.06. The number of nitrogens with one attached hydrogen (secondary N) is 1. The van der Waals surface area contributed by atoms with Gasteiger partial charge >= 0.3 is 0 Å². The van der Waals surface area contributed by atoms with Crippen molar-refractivity contribution in [2.24, 2.45) is 0 Å². The number of anilines is 3. The van der Waals surface area contributed by atoms with Gasteiger partial charge in [-0.3, -0.25) is 4.98 Å². The maximum Gasteiger partial charge on any atom is 0.222 e. The largest absolute Gasteiger partial charge is 0.444 e. The zero-order chi connectivity index (χ0) is 27.6. The van der Waals surface area contributed by atoms with E-state index in [1.807, 2.05) is 6.92 Å². The Hall–Kier alpha value is -3.66. The fraction of sp³-hybridized carbons (Fsp3) is 0.393. The number of hydrogen-bond donors (Lipinski definition) is 2. The van der Waals surface area contributed by atoms with Crippen molar-refractivity contribution in [2.45, 2.75) is 71.0 Å². The molecule has 0 spiro atoms. The first-order chi connectivity index (χ1) is 18.0. The van der Waals surface area contributed by atoms with E-state index in [4.69, 9.17) is 15.1 Å². The van der Waals surface area contributed by atoms with Gasteiger partial charge in [0.05, 0.1) is 12.4 Å². The highest BCUT2D eigenvalue weighted by molar-refractivity contribution is 6.93. The number of rotatable bonds is 9. The summed E-state index contributed by atoms with van der Waals surface area (Å²) in [6, 6.07) is 6.40. The molecule has 3 heterocycles. The van der Waals surface area contributed by atoms with Crippen molar-refractivity contribution in [2.75, 3.05) is 11.1 Å². The lowest BCUT2D eigenvalue weighted by Crippen LogP contribution is -2.56. The molecule has 1 aromatic carbocycles. The Morgan fingerprint density at radius 2 is 1.53 bits per heavy atom. The van der Waals surface area contributed by atoms with Crippen LogP contribution in [0, 0.1) is 5.82 Å². The molecule has 0 fully saturated rings.